The molecule has 170 valence electrons. The number of nitrogen functional groups attached to an aromatic ring is 1. The molecule has 2 aromatic heterocycles. The molecule has 4 atom stereocenters. The highest BCUT2D eigenvalue weighted by Gasteiger charge is 2.43. The van der Waals surface area contributed by atoms with Crippen molar-refractivity contribution in [3.63, 3.8) is 0 Å². The van der Waals surface area contributed by atoms with Gasteiger partial charge in [-0.1, -0.05) is 12.2 Å². The third-order valence-electron chi connectivity index (χ3n) is 5.09. The number of imidazole rings is 1. The lowest BCUT2D eigenvalue weighted by molar-refractivity contribution is -0.0245. The summed E-state index contributed by atoms with van der Waals surface area (Å²) in [5, 5.41) is 42.8. The Kier molecular flexibility index (Phi) is 5.80. The number of rotatable bonds is 5. The van der Waals surface area contributed by atoms with Crippen LogP contribution in [0.1, 0.15) is 16.6 Å². The van der Waals surface area contributed by atoms with E-state index in [0.717, 1.165) is 12.1 Å². The summed E-state index contributed by atoms with van der Waals surface area (Å²) >= 11 is 0. The molecule has 1 amide bonds. The fourth-order valence-corrected chi connectivity index (χ4v) is 3.42. The third-order valence-corrected chi connectivity index (χ3v) is 5.09. The van der Waals surface area contributed by atoms with E-state index >= 15 is 0 Å². The van der Waals surface area contributed by atoms with E-state index in [9.17, 15) is 25.2 Å². The number of aliphatic hydroxyl groups excluding tert-OH is 2. The number of phenols is 2. The Morgan fingerprint density at radius 1 is 1.27 bits per heavy atom. The maximum Gasteiger partial charge on any atom is 0.254 e. The van der Waals surface area contributed by atoms with Gasteiger partial charge in [-0.2, -0.15) is 0 Å². The number of carbonyl (C=O) groups is 1. The lowest BCUT2D eigenvalue weighted by atomic mass is 10.1. The Hall–Kier alpha value is -4.25. The van der Waals surface area contributed by atoms with Crippen molar-refractivity contribution in [1.82, 2.24) is 24.8 Å². The van der Waals surface area contributed by atoms with Crippen molar-refractivity contribution in [2.24, 2.45) is 0 Å². The number of phenolic OH excluding ortho intramolecular Hbond substituents is 2. The van der Waals surface area contributed by atoms with E-state index in [1.54, 1.807) is 0 Å². The van der Waals surface area contributed by atoms with Crippen LogP contribution in [0.4, 0.5) is 11.5 Å². The van der Waals surface area contributed by atoms with E-state index in [2.05, 4.69) is 25.1 Å². The molecule has 0 aliphatic carbocycles. The van der Waals surface area contributed by atoms with E-state index in [0.29, 0.717) is 11.2 Å². The van der Waals surface area contributed by atoms with Crippen molar-refractivity contribution in [1.29, 1.82) is 0 Å². The second-order valence-corrected chi connectivity index (χ2v) is 7.17. The van der Waals surface area contributed by atoms with Crippen molar-refractivity contribution in [3.8, 4) is 11.5 Å². The number of nitrogens with one attached hydrogen (secondary N) is 1. The van der Waals surface area contributed by atoms with Gasteiger partial charge in [0, 0.05) is 6.54 Å². The molecule has 7 N–H and O–H groups in total. The van der Waals surface area contributed by atoms with Gasteiger partial charge in [0.15, 0.2) is 29.1 Å². The average Bonchev–Trinajstić information content (AvgIpc) is 3.35. The summed E-state index contributed by atoms with van der Waals surface area (Å²) in [4.78, 5) is 27.5. The highest BCUT2D eigenvalue weighted by molar-refractivity contribution is 5.98. The number of nitrogens with two attached hydrogens (primary N) is 1. The number of aromatic hydroxyl groups is 2. The van der Waals surface area contributed by atoms with E-state index in [4.69, 9.17) is 17.0 Å². The van der Waals surface area contributed by atoms with E-state index in [-0.39, 0.29) is 23.6 Å². The van der Waals surface area contributed by atoms with Gasteiger partial charge < -0.3 is 36.2 Å². The molecule has 3 aromatic rings. The molecular weight excluding hydrogens is 434 g/mol. The zero-order valence-electron chi connectivity index (χ0n) is 16.9. The normalized spacial score (nSPS) is 22.6. The minimum atomic E-state index is -1.29. The smallest absolute Gasteiger partial charge is 0.254 e. The van der Waals surface area contributed by atoms with Gasteiger partial charge in [0.25, 0.3) is 5.91 Å². The van der Waals surface area contributed by atoms with Gasteiger partial charge in [0.2, 0.25) is 0 Å². The molecule has 0 radical (unpaired) electrons. The van der Waals surface area contributed by atoms with Crippen LogP contribution in [0.25, 0.3) is 16.0 Å². The molecule has 1 fully saturated rings. The first kappa shape index (κ1) is 22.0. The van der Waals surface area contributed by atoms with Gasteiger partial charge >= 0.3 is 0 Å². The zero-order valence-corrected chi connectivity index (χ0v) is 16.9. The number of ether oxygens (including phenoxy) is 1. The fraction of sp³-hybridized carbons (Fsp3) is 0.250. The minimum Gasteiger partial charge on any atom is -0.505 e. The van der Waals surface area contributed by atoms with Crippen molar-refractivity contribution >= 4 is 28.6 Å². The molecule has 0 saturated carbocycles. The molecule has 1 aliphatic rings. The molecule has 13 heteroatoms. The number of nitrogens with zero attached hydrogens (tertiary/aromatic N) is 5. The standard InChI is InChI=1S/C20H19N7O6/c1-22-9-5-10(14(29)11(28)6-9)19(32)23-4-2-3-12-15(30)16(31)20(33-12)27-8-26-13-17(21)24-7-25-18(13)27/h2-3,5-8,12,15-16,20,28-31H,4H2,(H,23,32)(H2,21,24,25)/t12-,15+,16?,20-/m1/s1. The maximum absolute atomic E-state index is 12.3. The Labute approximate surface area is 186 Å². The predicted molar refractivity (Wildman–Crippen MR) is 113 cm³/mol. The van der Waals surface area contributed by atoms with Crippen molar-refractivity contribution in [3.05, 3.63) is 53.9 Å². The highest BCUT2D eigenvalue weighted by atomic mass is 16.6. The Morgan fingerprint density at radius 2 is 2.06 bits per heavy atom. The fourth-order valence-electron chi connectivity index (χ4n) is 3.42. The van der Waals surface area contributed by atoms with Gasteiger partial charge in [-0.05, 0) is 12.1 Å². The van der Waals surface area contributed by atoms with Crippen LogP contribution < -0.4 is 11.1 Å². The van der Waals surface area contributed by atoms with Crippen molar-refractivity contribution < 1.29 is 30.0 Å². The summed E-state index contributed by atoms with van der Waals surface area (Å²) in [5.41, 5.74) is 6.18. The third kappa shape index (κ3) is 4.01. The predicted octanol–water partition coefficient (Wildman–Crippen LogP) is -0.0241. The molecule has 13 nitrogen and oxygen atoms in total. The average molecular weight is 453 g/mol. The summed E-state index contributed by atoms with van der Waals surface area (Å²) in [6, 6.07) is 2.20. The van der Waals surface area contributed by atoms with Gasteiger partial charge in [-0.3, -0.25) is 9.36 Å². The molecular formula is C20H19N7O6. The van der Waals surface area contributed by atoms with E-state index < -0.39 is 41.9 Å². The number of hydrogen-bond acceptors (Lipinski definition) is 10. The van der Waals surface area contributed by atoms with Crippen molar-refractivity contribution in [2.75, 3.05) is 12.3 Å². The number of benzene rings is 1. The zero-order chi connectivity index (χ0) is 23.7. The molecule has 0 bridgehead atoms. The summed E-state index contributed by atoms with van der Waals surface area (Å²) in [6.45, 7) is 6.96. The van der Waals surface area contributed by atoms with Gasteiger partial charge in [0.1, 0.15) is 35.9 Å². The Morgan fingerprint density at radius 3 is 2.82 bits per heavy atom. The van der Waals surface area contributed by atoms with Crippen molar-refractivity contribution in [2.45, 2.75) is 24.5 Å². The van der Waals surface area contributed by atoms with E-state index in [1.165, 1.54) is 29.4 Å². The molecule has 1 saturated heterocycles. The summed E-state index contributed by atoms with van der Waals surface area (Å²) in [6.07, 6.45) is 1.13. The lowest BCUT2D eigenvalue weighted by Gasteiger charge is -2.16. The molecule has 1 unspecified atom stereocenters. The summed E-state index contributed by atoms with van der Waals surface area (Å²) in [5.74, 6) is -1.77. The van der Waals surface area contributed by atoms with Crippen LogP contribution in [0, 0.1) is 6.57 Å². The summed E-state index contributed by atoms with van der Waals surface area (Å²) in [7, 11) is 0. The molecule has 0 spiro atoms. The number of amides is 1. The van der Waals surface area contributed by atoms with E-state index in [1.807, 2.05) is 0 Å². The number of aliphatic hydroxyl groups is 2. The van der Waals surface area contributed by atoms with Crippen LogP contribution in [0.15, 0.2) is 36.9 Å². The summed E-state index contributed by atoms with van der Waals surface area (Å²) < 4.78 is 7.19. The lowest BCUT2D eigenvalue weighted by Crippen LogP contribution is -2.31. The second-order valence-electron chi connectivity index (χ2n) is 7.17. The van der Waals surface area contributed by atoms with Gasteiger partial charge in [-0.25, -0.2) is 19.8 Å². The SMILES string of the molecule is [C-]#[N+]c1cc(O)c(O)c(C(=O)NCC=C[C@H]2O[C@@H](n3cnc4c(N)ncnc43)C(O)[C@H]2O)c1. The quantitative estimate of drug-likeness (QED) is 0.174. The number of anilines is 1. The topological polar surface area (TPSA) is 193 Å². The van der Waals surface area contributed by atoms with Gasteiger partial charge in [-0.15, -0.1) is 0 Å². The van der Waals surface area contributed by atoms with Crippen LogP contribution in [-0.2, 0) is 4.74 Å². The number of hydrogen-bond donors (Lipinski definition) is 6. The minimum absolute atomic E-state index is 0.00690. The Bertz CT molecular complexity index is 1280. The molecule has 1 aliphatic heterocycles. The Balaban J connectivity index is 1.42. The van der Waals surface area contributed by atoms with Crippen LogP contribution >= 0.6 is 0 Å². The highest BCUT2D eigenvalue weighted by Crippen LogP contribution is 2.34. The first-order chi connectivity index (χ1) is 15.8. The number of fused-ring (bicyclic) bond motifs is 1. The largest absolute Gasteiger partial charge is 0.505 e. The number of carbonyl (C=O) groups excluding carboxylic acids is 1. The van der Waals surface area contributed by atoms with Crippen LogP contribution in [0.2, 0.25) is 0 Å². The molecule has 1 aromatic carbocycles. The van der Waals surface area contributed by atoms with Crippen LogP contribution in [0.5, 0.6) is 11.5 Å². The first-order valence-electron chi connectivity index (χ1n) is 9.64. The van der Waals surface area contributed by atoms with Gasteiger partial charge in [0.05, 0.1) is 18.5 Å². The maximum atomic E-state index is 12.3. The molecule has 33 heavy (non-hydrogen) atoms. The van der Waals surface area contributed by atoms with Crippen LogP contribution in [0.3, 0.4) is 0 Å². The second kappa shape index (κ2) is 8.71. The monoisotopic (exact) mass is 453 g/mol. The number of aromatic nitrogens is 4. The molecule has 4 rings (SSSR count). The van der Waals surface area contributed by atoms with Crippen LogP contribution in [-0.4, -0.2) is 70.7 Å². The molecule has 3 heterocycles. The first-order valence-corrected chi connectivity index (χ1v) is 9.64.